The van der Waals surface area contributed by atoms with E-state index in [0.29, 0.717) is 16.8 Å². The van der Waals surface area contributed by atoms with Gasteiger partial charge in [-0.05, 0) is 40.9 Å². The molecule has 4 nitrogen and oxygen atoms in total. The number of hydrogen-bond acceptors (Lipinski definition) is 3. The Labute approximate surface area is 153 Å². The molecule has 1 saturated carbocycles. The van der Waals surface area contributed by atoms with Crippen LogP contribution in [0.5, 0.6) is 5.75 Å². The highest BCUT2D eigenvalue weighted by atomic mass is 79.9. The third kappa shape index (κ3) is 5.05. The van der Waals surface area contributed by atoms with Crippen LogP contribution in [0.4, 0.5) is 0 Å². The minimum atomic E-state index is -0.374. The summed E-state index contributed by atoms with van der Waals surface area (Å²) in [5.41, 5.74) is 0.822. The molecular weight excluding hydrogens is 426 g/mol. The monoisotopic (exact) mass is 445 g/mol. The van der Waals surface area contributed by atoms with Crippen LogP contribution in [0.25, 0.3) is 0 Å². The van der Waals surface area contributed by atoms with Gasteiger partial charge in [0.25, 0.3) is 0 Å². The normalized spacial score (nSPS) is 15.3. The fourth-order valence-corrected chi connectivity index (χ4v) is 4.46. The molecule has 0 N–H and O–H groups in total. The molecule has 0 saturated heterocycles. The second kappa shape index (κ2) is 8.29. The summed E-state index contributed by atoms with van der Waals surface area (Å²) in [5.74, 6) is 0.172. The van der Waals surface area contributed by atoms with Crippen molar-refractivity contribution in [1.29, 1.82) is 0 Å². The number of ether oxygens (including phenoxy) is 1. The highest BCUT2D eigenvalue weighted by Crippen LogP contribution is 2.35. The first kappa shape index (κ1) is 18.5. The van der Waals surface area contributed by atoms with E-state index in [4.69, 9.17) is 4.74 Å². The number of hydrogen-bond donors (Lipinski definition) is 0. The van der Waals surface area contributed by atoms with E-state index < -0.39 is 0 Å². The van der Waals surface area contributed by atoms with Crippen molar-refractivity contribution in [1.82, 2.24) is 4.90 Å². The van der Waals surface area contributed by atoms with Crippen molar-refractivity contribution in [2.24, 2.45) is 0 Å². The van der Waals surface area contributed by atoms with E-state index in [9.17, 15) is 9.59 Å². The lowest BCUT2D eigenvalue weighted by atomic mass is 9.93. The zero-order valence-electron chi connectivity index (χ0n) is 13.4. The highest BCUT2D eigenvalue weighted by Gasteiger charge is 2.25. The predicted molar refractivity (Wildman–Crippen MR) is 96.2 cm³/mol. The maximum absolute atomic E-state index is 12.1. The Balaban J connectivity index is 2.31. The number of halogens is 2. The zero-order chi connectivity index (χ0) is 17.0. The van der Waals surface area contributed by atoms with Crippen LogP contribution in [0, 0.1) is 0 Å². The molecule has 0 aliphatic heterocycles. The molecule has 1 aliphatic carbocycles. The summed E-state index contributed by atoms with van der Waals surface area (Å²) in [5, 5.41) is 0. The van der Waals surface area contributed by atoms with Gasteiger partial charge in [-0.15, -0.1) is 0 Å². The lowest BCUT2D eigenvalue weighted by Crippen LogP contribution is -2.39. The van der Waals surface area contributed by atoms with Crippen LogP contribution in [-0.4, -0.2) is 22.8 Å². The molecule has 0 heterocycles. The Kier molecular flexibility index (Phi) is 6.65. The molecule has 1 amide bonds. The topological polar surface area (TPSA) is 46.6 Å². The van der Waals surface area contributed by atoms with Crippen LogP contribution < -0.4 is 4.74 Å². The fraction of sp³-hybridized carbons (Fsp3) is 0.529. The smallest absolute Gasteiger partial charge is 0.308 e. The number of nitrogens with zero attached hydrogens (tertiary/aromatic N) is 1. The summed E-state index contributed by atoms with van der Waals surface area (Å²) in [6, 6.07) is 4.01. The molecule has 23 heavy (non-hydrogen) atoms. The molecule has 1 aromatic carbocycles. The van der Waals surface area contributed by atoms with Crippen LogP contribution in [0.1, 0.15) is 51.5 Å². The van der Waals surface area contributed by atoms with E-state index >= 15 is 0 Å². The van der Waals surface area contributed by atoms with E-state index in [2.05, 4.69) is 31.9 Å². The van der Waals surface area contributed by atoms with E-state index in [-0.39, 0.29) is 17.9 Å². The van der Waals surface area contributed by atoms with Crippen molar-refractivity contribution in [2.45, 2.75) is 58.5 Å². The fourth-order valence-electron chi connectivity index (χ4n) is 3.06. The number of carbonyl (C=O) groups excluding carboxylic acids is 2. The highest BCUT2D eigenvalue weighted by molar-refractivity contribution is 9.11. The molecular formula is C17H21Br2NO3. The molecule has 6 heteroatoms. The largest absolute Gasteiger partial charge is 0.425 e. The van der Waals surface area contributed by atoms with Crippen LogP contribution in [0.15, 0.2) is 21.1 Å². The molecule has 0 unspecified atom stereocenters. The maximum atomic E-state index is 12.1. The summed E-state index contributed by atoms with van der Waals surface area (Å²) in [6.45, 7) is 3.43. The summed E-state index contributed by atoms with van der Waals surface area (Å²) in [7, 11) is 0. The predicted octanol–water partition coefficient (Wildman–Crippen LogP) is 4.82. The zero-order valence-corrected chi connectivity index (χ0v) is 16.6. The average Bonchev–Trinajstić information content (AvgIpc) is 2.48. The number of esters is 1. The van der Waals surface area contributed by atoms with Crippen LogP contribution in [-0.2, 0) is 16.1 Å². The van der Waals surface area contributed by atoms with Gasteiger partial charge >= 0.3 is 5.97 Å². The second-order valence-electron chi connectivity index (χ2n) is 5.91. The summed E-state index contributed by atoms with van der Waals surface area (Å²) in [4.78, 5) is 25.4. The van der Waals surface area contributed by atoms with E-state index in [1.165, 1.54) is 13.3 Å². The first-order valence-corrected chi connectivity index (χ1v) is 9.40. The molecule has 126 valence electrons. The maximum Gasteiger partial charge on any atom is 0.308 e. The van der Waals surface area contributed by atoms with Gasteiger partial charge in [-0.2, -0.15) is 0 Å². The molecule has 1 aliphatic rings. The Bertz CT molecular complexity index is 598. The van der Waals surface area contributed by atoms with Gasteiger partial charge in [-0.25, -0.2) is 0 Å². The Morgan fingerprint density at radius 1 is 1.17 bits per heavy atom. The van der Waals surface area contributed by atoms with Gasteiger partial charge in [0.1, 0.15) is 5.75 Å². The first-order valence-electron chi connectivity index (χ1n) is 7.82. The number of rotatable bonds is 4. The molecule has 1 aromatic rings. The van der Waals surface area contributed by atoms with E-state index in [1.807, 2.05) is 17.0 Å². The van der Waals surface area contributed by atoms with Gasteiger partial charge in [-0.1, -0.05) is 35.2 Å². The van der Waals surface area contributed by atoms with Crippen molar-refractivity contribution in [3.8, 4) is 5.75 Å². The summed E-state index contributed by atoms with van der Waals surface area (Å²) < 4.78 is 6.93. The Morgan fingerprint density at radius 3 is 2.39 bits per heavy atom. The summed E-state index contributed by atoms with van der Waals surface area (Å²) in [6.07, 6.45) is 5.64. The van der Waals surface area contributed by atoms with E-state index in [0.717, 1.165) is 35.7 Å². The van der Waals surface area contributed by atoms with Crippen molar-refractivity contribution >= 4 is 43.7 Å². The second-order valence-corrected chi connectivity index (χ2v) is 7.68. The molecule has 0 aromatic heterocycles. The molecule has 1 fully saturated rings. The molecule has 0 radical (unpaired) electrons. The standard InChI is InChI=1S/C17H21Br2NO3/c1-11(21)20(15-6-4-3-5-7-15)10-13-8-14(18)9-16(19)17(13)23-12(2)22/h8-9,15H,3-7,10H2,1-2H3. The molecule has 0 bridgehead atoms. The van der Waals surface area contributed by atoms with Crippen LogP contribution >= 0.6 is 31.9 Å². The molecule has 2 rings (SSSR count). The minimum absolute atomic E-state index is 0.0572. The van der Waals surface area contributed by atoms with Crippen LogP contribution in [0.2, 0.25) is 0 Å². The van der Waals surface area contributed by atoms with Gasteiger partial charge < -0.3 is 9.64 Å². The van der Waals surface area contributed by atoms with Crippen molar-refractivity contribution in [2.75, 3.05) is 0 Å². The van der Waals surface area contributed by atoms with E-state index in [1.54, 1.807) is 6.92 Å². The van der Waals surface area contributed by atoms with Gasteiger partial charge in [-0.3, -0.25) is 9.59 Å². The lowest BCUT2D eigenvalue weighted by molar-refractivity contribution is -0.132. The number of benzene rings is 1. The Morgan fingerprint density at radius 2 is 1.83 bits per heavy atom. The van der Waals surface area contributed by atoms with Gasteiger partial charge in [0, 0.05) is 36.5 Å². The third-order valence-electron chi connectivity index (χ3n) is 4.09. The minimum Gasteiger partial charge on any atom is -0.425 e. The SMILES string of the molecule is CC(=O)Oc1c(Br)cc(Br)cc1CN(C(C)=O)C1CCCCC1. The van der Waals surface area contributed by atoms with Crippen molar-refractivity contribution in [3.63, 3.8) is 0 Å². The van der Waals surface area contributed by atoms with Crippen LogP contribution in [0.3, 0.4) is 0 Å². The first-order chi connectivity index (χ1) is 10.9. The Hall–Kier alpha value is -0.880. The number of carbonyl (C=O) groups is 2. The van der Waals surface area contributed by atoms with Crippen molar-refractivity contribution in [3.05, 3.63) is 26.6 Å². The van der Waals surface area contributed by atoms with Crippen molar-refractivity contribution < 1.29 is 14.3 Å². The van der Waals surface area contributed by atoms with Gasteiger partial charge in [0.05, 0.1) is 4.47 Å². The molecule has 0 spiro atoms. The molecule has 0 atom stereocenters. The average molecular weight is 447 g/mol. The quantitative estimate of drug-likeness (QED) is 0.492. The summed E-state index contributed by atoms with van der Waals surface area (Å²) >= 11 is 6.90. The van der Waals surface area contributed by atoms with Gasteiger partial charge in [0.15, 0.2) is 0 Å². The third-order valence-corrected chi connectivity index (χ3v) is 5.14. The lowest BCUT2D eigenvalue weighted by Gasteiger charge is -2.34. The number of amides is 1. The van der Waals surface area contributed by atoms with Gasteiger partial charge in [0.2, 0.25) is 5.91 Å².